The summed E-state index contributed by atoms with van der Waals surface area (Å²) in [5.74, 6) is -0.164. The number of carbonyl (C=O) groups excluding carboxylic acids is 1. The van der Waals surface area contributed by atoms with Gasteiger partial charge in [-0.2, -0.15) is 0 Å². The third-order valence-electron chi connectivity index (χ3n) is 3.16. The molecule has 2 aliphatic rings. The monoisotopic (exact) mass is 202 g/mol. The first-order valence-corrected chi connectivity index (χ1v) is 4.99. The minimum Gasteiger partial charge on any atom is -0.373 e. The minimum atomic E-state index is -1.42. The second kappa shape index (κ2) is 3.04. The number of carbonyl (C=O) groups is 1. The molecule has 15 heavy (non-hydrogen) atoms. The van der Waals surface area contributed by atoms with Crippen LogP contribution in [0.1, 0.15) is 13.8 Å². The summed E-state index contributed by atoms with van der Waals surface area (Å²) in [4.78, 5) is 11.7. The van der Waals surface area contributed by atoms with Gasteiger partial charge in [0.2, 0.25) is 0 Å². The average Bonchev–Trinajstić information content (AvgIpc) is 2.69. The lowest BCUT2D eigenvalue weighted by Crippen LogP contribution is -2.52. The standard InChI is InChI=1S/C13H14O2/c1-8(2)13(15)11(9(3)12(13)14)10-6-4-5-7-10/h4-7,10,15H,1H2,2-3H3. The molecule has 0 amide bonds. The van der Waals surface area contributed by atoms with Crippen LogP contribution in [0.5, 0.6) is 0 Å². The Balaban J connectivity index is 2.47. The Hall–Kier alpha value is -1.41. The van der Waals surface area contributed by atoms with Gasteiger partial charge in [0.25, 0.3) is 0 Å². The summed E-state index contributed by atoms with van der Waals surface area (Å²) in [6.07, 6.45) is 7.79. The number of ketones is 1. The molecule has 1 N–H and O–H groups in total. The van der Waals surface area contributed by atoms with Crippen LogP contribution in [0, 0.1) is 5.92 Å². The highest BCUT2D eigenvalue weighted by Gasteiger charge is 2.52. The second-order valence-corrected chi connectivity index (χ2v) is 4.15. The Morgan fingerprint density at radius 1 is 1.47 bits per heavy atom. The van der Waals surface area contributed by atoms with E-state index >= 15 is 0 Å². The van der Waals surface area contributed by atoms with Crippen molar-refractivity contribution in [2.75, 3.05) is 0 Å². The van der Waals surface area contributed by atoms with Crippen LogP contribution in [0.25, 0.3) is 0 Å². The van der Waals surface area contributed by atoms with E-state index in [1.54, 1.807) is 13.8 Å². The molecule has 1 atom stereocenters. The van der Waals surface area contributed by atoms with Crippen molar-refractivity contribution in [3.8, 4) is 0 Å². The van der Waals surface area contributed by atoms with Gasteiger partial charge < -0.3 is 5.11 Å². The predicted octanol–water partition coefficient (Wildman–Crippen LogP) is 1.93. The number of rotatable bonds is 2. The van der Waals surface area contributed by atoms with E-state index in [0.717, 1.165) is 5.57 Å². The molecule has 2 nitrogen and oxygen atoms in total. The largest absolute Gasteiger partial charge is 0.373 e. The molecule has 2 aliphatic carbocycles. The summed E-state index contributed by atoms with van der Waals surface area (Å²) in [6.45, 7) is 7.15. The molecule has 2 heteroatoms. The number of Topliss-reactive ketones (excluding diaryl/α,β-unsaturated/α-hetero) is 1. The Bertz CT molecular complexity index is 425. The third kappa shape index (κ3) is 1.11. The van der Waals surface area contributed by atoms with Gasteiger partial charge in [0, 0.05) is 5.92 Å². The zero-order valence-corrected chi connectivity index (χ0v) is 8.95. The van der Waals surface area contributed by atoms with Crippen molar-refractivity contribution in [3.63, 3.8) is 0 Å². The van der Waals surface area contributed by atoms with Gasteiger partial charge in [-0.05, 0) is 30.6 Å². The number of hydrogen-bond donors (Lipinski definition) is 1. The highest BCUT2D eigenvalue weighted by Crippen LogP contribution is 2.45. The molecule has 0 aromatic carbocycles. The average molecular weight is 202 g/mol. The van der Waals surface area contributed by atoms with Crippen molar-refractivity contribution in [1.82, 2.24) is 0 Å². The Morgan fingerprint density at radius 3 is 2.47 bits per heavy atom. The molecular formula is C13H14O2. The predicted molar refractivity (Wildman–Crippen MR) is 59.2 cm³/mol. The molecule has 0 spiro atoms. The van der Waals surface area contributed by atoms with Gasteiger partial charge in [-0.25, -0.2) is 0 Å². The van der Waals surface area contributed by atoms with E-state index < -0.39 is 5.60 Å². The Labute approximate surface area is 89.3 Å². The zero-order chi connectivity index (χ0) is 11.2. The van der Waals surface area contributed by atoms with Crippen LogP contribution in [0.15, 0.2) is 47.6 Å². The van der Waals surface area contributed by atoms with Gasteiger partial charge in [0.1, 0.15) is 0 Å². The molecule has 0 aromatic rings. The summed E-state index contributed by atoms with van der Waals surface area (Å²) in [5.41, 5.74) is 0.529. The van der Waals surface area contributed by atoms with Gasteiger partial charge >= 0.3 is 0 Å². The van der Waals surface area contributed by atoms with E-state index in [4.69, 9.17) is 0 Å². The fraction of sp³-hybridized carbons (Fsp3) is 0.308. The van der Waals surface area contributed by atoms with Crippen molar-refractivity contribution in [1.29, 1.82) is 0 Å². The SMILES string of the molecule is C=C(C)C1(O)C(=O)C(C)=C1C1C=CC=C1. The lowest BCUT2D eigenvalue weighted by Gasteiger charge is -2.41. The number of aliphatic hydroxyl groups is 1. The molecule has 0 saturated carbocycles. The molecule has 78 valence electrons. The molecule has 0 aliphatic heterocycles. The second-order valence-electron chi connectivity index (χ2n) is 4.15. The smallest absolute Gasteiger partial charge is 0.198 e. The van der Waals surface area contributed by atoms with E-state index in [0.29, 0.717) is 11.1 Å². The fourth-order valence-corrected chi connectivity index (χ4v) is 2.26. The third-order valence-corrected chi connectivity index (χ3v) is 3.16. The van der Waals surface area contributed by atoms with Crippen LogP contribution in [-0.4, -0.2) is 16.5 Å². The van der Waals surface area contributed by atoms with Gasteiger partial charge in [-0.3, -0.25) is 4.79 Å². The topological polar surface area (TPSA) is 37.3 Å². The summed E-state index contributed by atoms with van der Waals surface area (Å²) in [6, 6.07) is 0. The summed E-state index contributed by atoms with van der Waals surface area (Å²) in [7, 11) is 0. The Morgan fingerprint density at radius 2 is 2.00 bits per heavy atom. The normalized spacial score (nSPS) is 29.9. The van der Waals surface area contributed by atoms with Crippen molar-refractivity contribution in [2.45, 2.75) is 19.4 Å². The van der Waals surface area contributed by atoms with Gasteiger partial charge in [-0.15, -0.1) is 0 Å². The zero-order valence-electron chi connectivity index (χ0n) is 8.95. The molecule has 0 fully saturated rings. The molecule has 0 heterocycles. The Kier molecular flexibility index (Phi) is 2.05. The van der Waals surface area contributed by atoms with E-state index in [1.165, 1.54) is 0 Å². The van der Waals surface area contributed by atoms with Crippen molar-refractivity contribution >= 4 is 5.78 Å². The van der Waals surface area contributed by atoms with E-state index in [2.05, 4.69) is 6.58 Å². The maximum atomic E-state index is 11.7. The van der Waals surface area contributed by atoms with Crippen LogP contribution < -0.4 is 0 Å². The van der Waals surface area contributed by atoms with E-state index in [-0.39, 0.29) is 11.7 Å². The molecule has 0 saturated heterocycles. The first-order chi connectivity index (χ1) is 6.99. The minimum absolute atomic E-state index is 0.0457. The van der Waals surface area contributed by atoms with Crippen LogP contribution in [-0.2, 0) is 4.79 Å². The van der Waals surface area contributed by atoms with Gasteiger partial charge in [0.05, 0.1) is 0 Å². The molecule has 2 rings (SSSR count). The molecule has 0 radical (unpaired) electrons. The summed E-state index contributed by atoms with van der Waals surface area (Å²) in [5, 5.41) is 10.3. The number of allylic oxidation sites excluding steroid dienone is 4. The van der Waals surface area contributed by atoms with Crippen LogP contribution in [0.2, 0.25) is 0 Å². The van der Waals surface area contributed by atoms with E-state index in [9.17, 15) is 9.90 Å². The first kappa shape index (κ1) is 10.1. The maximum absolute atomic E-state index is 11.7. The maximum Gasteiger partial charge on any atom is 0.198 e. The number of hydrogen-bond acceptors (Lipinski definition) is 2. The fourth-order valence-electron chi connectivity index (χ4n) is 2.26. The molecule has 0 bridgehead atoms. The highest BCUT2D eigenvalue weighted by molar-refractivity contribution is 6.14. The summed E-state index contributed by atoms with van der Waals surface area (Å²) < 4.78 is 0. The van der Waals surface area contributed by atoms with E-state index in [1.807, 2.05) is 24.3 Å². The van der Waals surface area contributed by atoms with Gasteiger partial charge in [0.15, 0.2) is 11.4 Å². The van der Waals surface area contributed by atoms with Crippen molar-refractivity contribution < 1.29 is 9.90 Å². The lowest BCUT2D eigenvalue weighted by molar-refractivity contribution is -0.131. The lowest BCUT2D eigenvalue weighted by atomic mass is 9.64. The summed E-state index contributed by atoms with van der Waals surface area (Å²) >= 11 is 0. The quantitative estimate of drug-likeness (QED) is 0.695. The van der Waals surface area contributed by atoms with Crippen LogP contribution in [0.3, 0.4) is 0 Å². The van der Waals surface area contributed by atoms with Crippen LogP contribution in [0.4, 0.5) is 0 Å². The van der Waals surface area contributed by atoms with Crippen molar-refractivity contribution in [2.24, 2.45) is 5.92 Å². The van der Waals surface area contributed by atoms with Gasteiger partial charge in [-0.1, -0.05) is 30.9 Å². The highest BCUT2D eigenvalue weighted by atomic mass is 16.3. The first-order valence-electron chi connectivity index (χ1n) is 4.99. The molecule has 0 aromatic heterocycles. The molecule has 1 unspecified atom stereocenters. The van der Waals surface area contributed by atoms with Crippen LogP contribution >= 0.6 is 0 Å². The molecular weight excluding hydrogens is 188 g/mol. The van der Waals surface area contributed by atoms with Crippen molar-refractivity contribution in [3.05, 3.63) is 47.6 Å².